The molecule has 0 bridgehead atoms. The molecular formula is C14H17F3OS. The third kappa shape index (κ3) is 5.45. The van der Waals surface area contributed by atoms with Crippen molar-refractivity contribution in [3.05, 3.63) is 30.3 Å². The highest BCUT2D eigenvalue weighted by atomic mass is 32.2. The van der Waals surface area contributed by atoms with Crippen molar-refractivity contribution >= 4 is 11.8 Å². The largest absolute Gasteiger partial charge is 0.522 e. The smallest absolute Gasteiger partial charge is 0.289 e. The second kappa shape index (κ2) is 6.66. The summed E-state index contributed by atoms with van der Waals surface area (Å²) in [4.78, 5) is 1.22. The summed E-state index contributed by atoms with van der Waals surface area (Å²) in [7, 11) is 0. The maximum atomic E-state index is 12.1. The van der Waals surface area contributed by atoms with Gasteiger partial charge in [-0.3, -0.25) is 4.74 Å². The first-order chi connectivity index (χ1) is 9.03. The SMILES string of the molecule is FC(F)(F)OC1CCC(CSc2ccccc2)CC1. The van der Waals surface area contributed by atoms with E-state index < -0.39 is 12.5 Å². The highest BCUT2D eigenvalue weighted by molar-refractivity contribution is 7.99. The molecule has 1 aromatic rings. The number of hydrogen-bond acceptors (Lipinski definition) is 2. The molecule has 0 N–H and O–H groups in total. The summed E-state index contributed by atoms with van der Waals surface area (Å²) in [6.45, 7) is 0. The van der Waals surface area contributed by atoms with Crippen LogP contribution < -0.4 is 0 Å². The summed E-state index contributed by atoms with van der Waals surface area (Å²) >= 11 is 1.78. The van der Waals surface area contributed by atoms with Crippen LogP contribution in [0.25, 0.3) is 0 Å². The molecule has 0 amide bonds. The van der Waals surface area contributed by atoms with E-state index in [2.05, 4.69) is 16.9 Å². The second-order valence-corrected chi connectivity index (χ2v) is 5.92. The summed E-state index contributed by atoms with van der Waals surface area (Å²) in [5.74, 6) is 1.47. The van der Waals surface area contributed by atoms with Gasteiger partial charge >= 0.3 is 6.36 Å². The lowest BCUT2D eigenvalue weighted by Crippen LogP contribution is -2.28. The van der Waals surface area contributed by atoms with Gasteiger partial charge in [-0.25, -0.2) is 0 Å². The first-order valence-electron chi connectivity index (χ1n) is 6.45. The van der Waals surface area contributed by atoms with Crippen molar-refractivity contribution in [3.63, 3.8) is 0 Å². The quantitative estimate of drug-likeness (QED) is 0.731. The van der Waals surface area contributed by atoms with E-state index in [1.165, 1.54) is 4.90 Å². The molecule has 2 rings (SSSR count). The fraction of sp³-hybridized carbons (Fsp3) is 0.571. The minimum atomic E-state index is -4.49. The molecule has 0 atom stereocenters. The van der Waals surface area contributed by atoms with Crippen LogP contribution in [0.5, 0.6) is 0 Å². The van der Waals surface area contributed by atoms with Crippen LogP contribution in [0.3, 0.4) is 0 Å². The molecule has 1 fully saturated rings. The van der Waals surface area contributed by atoms with Gasteiger partial charge < -0.3 is 0 Å². The van der Waals surface area contributed by atoms with Gasteiger partial charge in [-0.05, 0) is 43.7 Å². The molecule has 0 spiro atoms. The van der Waals surface area contributed by atoms with Crippen molar-refractivity contribution in [2.75, 3.05) is 5.75 Å². The zero-order valence-corrected chi connectivity index (χ0v) is 11.3. The van der Waals surface area contributed by atoms with Gasteiger partial charge in [-0.15, -0.1) is 24.9 Å². The highest BCUT2D eigenvalue weighted by Gasteiger charge is 2.35. The van der Waals surface area contributed by atoms with Crippen LogP contribution in [0.4, 0.5) is 13.2 Å². The lowest BCUT2D eigenvalue weighted by atomic mass is 9.89. The normalized spacial score (nSPS) is 24.4. The summed E-state index contributed by atoms with van der Waals surface area (Å²) < 4.78 is 40.3. The molecule has 106 valence electrons. The van der Waals surface area contributed by atoms with Crippen LogP contribution in [0.15, 0.2) is 35.2 Å². The molecular weight excluding hydrogens is 273 g/mol. The first kappa shape index (κ1) is 14.7. The van der Waals surface area contributed by atoms with E-state index in [-0.39, 0.29) is 0 Å². The van der Waals surface area contributed by atoms with Gasteiger partial charge in [0.25, 0.3) is 0 Å². The molecule has 0 aliphatic heterocycles. The van der Waals surface area contributed by atoms with Gasteiger partial charge in [-0.1, -0.05) is 18.2 Å². The van der Waals surface area contributed by atoms with E-state index in [1.54, 1.807) is 11.8 Å². The summed E-state index contributed by atoms with van der Waals surface area (Å²) in [6, 6.07) is 10.1. The van der Waals surface area contributed by atoms with Crippen molar-refractivity contribution in [2.24, 2.45) is 5.92 Å². The van der Waals surface area contributed by atoms with Gasteiger partial charge in [0.1, 0.15) is 0 Å². The average molecular weight is 290 g/mol. The number of ether oxygens (including phenoxy) is 1. The Hall–Kier alpha value is -0.680. The van der Waals surface area contributed by atoms with E-state index in [1.807, 2.05) is 18.2 Å². The van der Waals surface area contributed by atoms with Crippen molar-refractivity contribution in [2.45, 2.75) is 43.0 Å². The Morgan fingerprint density at radius 2 is 1.68 bits per heavy atom. The number of rotatable bonds is 4. The molecule has 5 heteroatoms. The third-order valence-electron chi connectivity index (χ3n) is 3.32. The summed E-state index contributed by atoms with van der Waals surface area (Å²) in [5.41, 5.74) is 0. The Bertz CT molecular complexity index is 372. The Kier molecular flexibility index (Phi) is 5.16. The van der Waals surface area contributed by atoms with Crippen molar-refractivity contribution in [3.8, 4) is 0 Å². The van der Waals surface area contributed by atoms with E-state index in [0.717, 1.165) is 18.6 Å². The monoisotopic (exact) mass is 290 g/mol. The van der Waals surface area contributed by atoms with Crippen molar-refractivity contribution < 1.29 is 17.9 Å². The number of halogens is 3. The number of alkyl halides is 3. The second-order valence-electron chi connectivity index (χ2n) is 4.83. The van der Waals surface area contributed by atoms with Crippen LogP contribution in [0, 0.1) is 5.92 Å². The van der Waals surface area contributed by atoms with Crippen LogP contribution >= 0.6 is 11.8 Å². The molecule has 0 unspecified atom stereocenters. The minimum Gasteiger partial charge on any atom is -0.289 e. The minimum absolute atomic E-state index is 0.498. The maximum absolute atomic E-state index is 12.1. The van der Waals surface area contributed by atoms with Gasteiger partial charge in [0.2, 0.25) is 0 Å². The molecule has 0 radical (unpaired) electrons. The standard InChI is InChI=1S/C14H17F3OS/c15-14(16,17)18-12-8-6-11(7-9-12)10-19-13-4-2-1-3-5-13/h1-5,11-12H,6-10H2. The predicted molar refractivity (Wildman–Crippen MR) is 70.1 cm³/mol. The number of hydrogen-bond donors (Lipinski definition) is 0. The molecule has 0 aromatic heterocycles. The van der Waals surface area contributed by atoms with Gasteiger partial charge in [0.15, 0.2) is 0 Å². The lowest BCUT2D eigenvalue weighted by molar-refractivity contribution is -0.345. The van der Waals surface area contributed by atoms with Gasteiger partial charge in [0, 0.05) is 10.6 Å². The average Bonchev–Trinajstić information content (AvgIpc) is 2.37. The van der Waals surface area contributed by atoms with Crippen molar-refractivity contribution in [1.29, 1.82) is 0 Å². The zero-order chi connectivity index (χ0) is 13.7. The van der Waals surface area contributed by atoms with Crippen molar-refractivity contribution in [1.82, 2.24) is 0 Å². The van der Waals surface area contributed by atoms with E-state index in [4.69, 9.17) is 0 Å². The molecule has 1 aromatic carbocycles. The Balaban J connectivity index is 1.69. The molecule has 19 heavy (non-hydrogen) atoms. The first-order valence-corrected chi connectivity index (χ1v) is 7.44. The highest BCUT2D eigenvalue weighted by Crippen LogP contribution is 2.33. The molecule has 1 aliphatic carbocycles. The summed E-state index contributed by atoms with van der Waals surface area (Å²) in [6.07, 6.45) is -2.46. The van der Waals surface area contributed by atoms with Crippen LogP contribution in [0.2, 0.25) is 0 Å². The third-order valence-corrected chi connectivity index (χ3v) is 4.57. The molecule has 1 saturated carbocycles. The van der Waals surface area contributed by atoms with Crippen LogP contribution in [-0.4, -0.2) is 18.2 Å². The van der Waals surface area contributed by atoms with Gasteiger partial charge in [-0.2, -0.15) is 0 Å². The number of thioether (sulfide) groups is 1. The topological polar surface area (TPSA) is 9.23 Å². The zero-order valence-electron chi connectivity index (χ0n) is 10.5. The Labute approximate surface area is 115 Å². The van der Waals surface area contributed by atoms with E-state index >= 15 is 0 Å². The fourth-order valence-corrected chi connectivity index (χ4v) is 3.45. The molecule has 0 heterocycles. The van der Waals surface area contributed by atoms with E-state index in [0.29, 0.717) is 18.8 Å². The fourth-order valence-electron chi connectivity index (χ4n) is 2.34. The van der Waals surface area contributed by atoms with Gasteiger partial charge in [0.05, 0.1) is 6.10 Å². The Morgan fingerprint density at radius 3 is 2.26 bits per heavy atom. The maximum Gasteiger partial charge on any atom is 0.522 e. The summed E-state index contributed by atoms with van der Waals surface area (Å²) in [5, 5.41) is 0. The molecule has 1 aliphatic rings. The van der Waals surface area contributed by atoms with E-state index in [9.17, 15) is 13.2 Å². The lowest BCUT2D eigenvalue weighted by Gasteiger charge is -2.28. The predicted octanol–water partition coefficient (Wildman–Crippen LogP) is 4.87. The van der Waals surface area contributed by atoms with Crippen LogP contribution in [0.1, 0.15) is 25.7 Å². The molecule has 0 saturated heterocycles. The number of benzene rings is 1. The van der Waals surface area contributed by atoms with Crippen LogP contribution in [-0.2, 0) is 4.74 Å². The molecule has 1 nitrogen and oxygen atoms in total. The Morgan fingerprint density at radius 1 is 1.05 bits per heavy atom.